The Kier molecular flexibility index (Phi) is 6.96. The molecule has 0 unspecified atom stereocenters. The van der Waals surface area contributed by atoms with Gasteiger partial charge in [-0.15, -0.1) is 5.10 Å². The first-order valence-corrected chi connectivity index (χ1v) is 10.4. The molecule has 1 aromatic heterocycles. The molecule has 4 rings (SSSR count). The van der Waals surface area contributed by atoms with Crippen molar-refractivity contribution in [2.45, 2.75) is 19.3 Å². The Hall–Kier alpha value is -4.17. The second-order valence-corrected chi connectivity index (χ2v) is 7.33. The van der Waals surface area contributed by atoms with E-state index >= 15 is 0 Å². The average molecular weight is 444 g/mol. The Labute approximate surface area is 191 Å². The van der Waals surface area contributed by atoms with Crippen LogP contribution in [0, 0.1) is 0 Å². The van der Waals surface area contributed by atoms with Gasteiger partial charge in [-0.05, 0) is 47.5 Å². The summed E-state index contributed by atoms with van der Waals surface area (Å²) in [5.41, 5.74) is 2.39. The van der Waals surface area contributed by atoms with Crippen LogP contribution in [0.3, 0.4) is 0 Å². The second-order valence-electron chi connectivity index (χ2n) is 7.33. The molecule has 1 heterocycles. The van der Waals surface area contributed by atoms with Crippen LogP contribution < -0.4 is 14.8 Å². The molecular formula is C25H24N4O4. The summed E-state index contributed by atoms with van der Waals surface area (Å²) in [5.74, 6) is 0.986. The highest BCUT2D eigenvalue weighted by Crippen LogP contribution is 2.19. The van der Waals surface area contributed by atoms with Gasteiger partial charge in [-0.1, -0.05) is 42.5 Å². The molecule has 0 aliphatic heterocycles. The van der Waals surface area contributed by atoms with E-state index in [0.29, 0.717) is 29.4 Å². The first kappa shape index (κ1) is 22.0. The maximum Gasteiger partial charge on any atom is 0.295 e. The topological polar surface area (TPSA) is 98.5 Å². The molecule has 0 saturated carbocycles. The third-order valence-electron chi connectivity index (χ3n) is 4.96. The normalized spacial score (nSPS) is 11.6. The number of benzene rings is 3. The average Bonchev–Trinajstić information content (AvgIpc) is 3.33. The first-order chi connectivity index (χ1) is 16.1. The highest BCUT2D eigenvalue weighted by molar-refractivity contribution is 6.01. The molecule has 0 radical (unpaired) electrons. The predicted molar refractivity (Wildman–Crippen MR) is 123 cm³/mol. The van der Waals surface area contributed by atoms with E-state index in [9.17, 15) is 9.90 Å². The summed E-state index contributed by atoms with van der Waals surface area (Å²) in [5, 5.41) is 17.4. The molecule has 0 saturated heterocycles. The number of nitrogens with one attached hydrogen (secondary N) is 1. The summed E-state index contributed by atoms with van der Waals surface area (Å²) in [6.07, 6.45) is 0.624. The summed E-state index contributed by atoms with van der Waals surface area (Å²) < 4.78 is 12.3. The van der Waals surface area contributed by atoms with Crippen molar-refractivity contribution in [1.29, 1.82) is 0 Å². The highest BCUT2D eigenvalue weighted by Gasteiger charge is 2.15. The van der Waals surface area contributed by atoms with Crippen LogP contribution in [-0.2, 0) is 13.2 Å². The fourth-order valence-electron chi connectivity index (χ4n) is 3.16. The van der Waals surface area contributed by atoms with Gasteiger partial charge in [0.05, 0.1) is 19.8 Å². The lowest BCUT2D eigenvalue weighted by Crippen LogP contribution is -2.15. The van der Waals surface area contributed by atoms with Gasteiger partial charge in [-0.25, -0.2) is 9.67 Å². The largest absolute Gasteiger partial charge is 0.497 e. The minimum Gasteiger partial charge on any atom is -0.497 e. The van der Waals surface area contributed by atoms with Crippen LogP contribution in [0.4, 0.5) is 5.69 Å². The predicted octanol–water partition coefficient (Wildman–Crippen LogP) is 3.85. The molecule has 8 nitrogen and oxygen atoms in total. The number of carbonyl (C=O) groups excluding carboxylic acids is 1. The van der Waals surface area contributed by atoms with Gasteiger partial charge in [0.2, 0.25) is 5.82 Å². The Bertz CT molecular complexity index is 1180. The molecule has 0 aliphatic carbocycles. The number of methoxy groups -OCH3 is 1. The summed E-state index contributed by atoms with van der Waals surface area (Å²) >= 11 is 0. The van der Waals surface area contributed by atoms with Crippen molar-refractivity contribution in [2.24, 2.45) is 0 Å². The fourth-order valence-corrected chi connectivity index (χ4v) is 3.16. The lowest BCUT2D eigenvalue weighted by molar-refractivity contribution is 0.101. The van der Waals surface area contributed by atoms with Gasteiger partial charge in [-0.3, -0.25) is 4.79 Å². The lowest BCUT2D eigenvalue weighted by atomic mass is 10.1. The third kappa shape index (κ3) is 5.96. The van der Waals surface area contributed by atoms with Gasteiger partial charge in [0, 0.05) is 5.69 Å². The van der Waals surface area contributed by atoms with E-state index < -0.39 is 12.0 Å². The van der Waals surface area contributed by atoms with E-state index in [1.54, 1.807) is 55.6 Å². The monoisotopic (exact) mass is 444 g/mol. The summed E-state index contributed by atoms with van der Waals surface area (Å²) in [7, 11) is 1.58. The third-order valence-corrected chi connectivity index (χ3v) is 4.96. The van der Waals surface area contributed by atoms with E-state index in [2.05, 4.69) is 15.4 Å². The summed E-state index contributed by atoms with van der Waals surface area (Å²) in [4.78, 5) is 16.5. The zero-order valence-electron chi connectivity index (χ0n) is 18.1. The van der Waals surface area contributed by atoms with Gasteiger partial charge in [0.25, 0.3) is 5.91 Å². The molecule has 2 N–H and O–H groups in total. The molecule has 0 aliphatic rings. The van der Waals surface area contributed by atoms with Crippen molar-refractivity contribution in [3.63, 3.8) is 0 Å². The van der Waals surface area contributed by atoms with Crippen molar-refractivity contribution < 1.29 is 19.4 Å². The number of nitrogens with zero attached hydrogens (tertiary/aromatic N) is 3. The van der Waals surface area contributed by atoms with Crippen molar-refractivity contribution in [1.82, 2.24) is 14.8 Å². The molecule has 168 valence electrons. The van der Waals surface area contributed by atoms with Gasteiger partial charge in [0.1, 0.15) is 24.4 Å². The number of amides is 1. The number of carbonyl (C=O) groups is 1. The number of aliphatic hydroxyl groups is 1. The van der Waals surface area contributed by atoms with E-state index in [-0.39, 0.29) is 12.4 Å². The Morgan fingerprint density at radius 1 is 1.00 bits per heavy atom. The Morgan fingerprint density at radius 3 is 2.39 bits per heavy atom. The number of hydrogen-bond donors (Lipinski definition) is 2. The van der Waals surface area contributed by atoms with Gasteiger partial charge in [-0.2, -0.15) is 0 Å². The molecule has 4 aromatic rings. The van der Waals surface area contributed by atoms with Crippen LogP contribution in [0.2, 0.25) is 0 Å². The Balaban J connectivity index is 1.30. The standard InChI is InChI=1S/C25H24N4O4/c1-32-21-11-7-19(8-12-21)23(30)15-29-17-26-24(28-29)25(31)27-20-9-13-22(14-10-20)33-16-18-5-3-2-4-6-18/h2-14,17,23,30H,15-16H2,1H3,(H,27,31)/t23-/m0/s1. The summed E-state index contributed by atoms with van der Waals surface area (Å²) in [6.45, 7) is 0.635. The zero-order valence-corrected chi connectivity index (χ0v) is 18.1. The van der Waals surface area contributed by atoms with E-state index in [1.165, 1.54) is 11.0 Å². The molecule has 0 bridgehead atoms. The molecule has 33 heavy (non-hydrogen) atoms. The first-order valence-electron chi connectivity index (χ1n) is 10.4. The van der Waals surface area contributed by atoms with Crippen molar-refractivity contribution >= 4 is 11.6 Å². The zero-order chi connectivity index (χ0) is 23.0. The van der Waals surface area contributed by atoms with E-state index in [1.807, 2.05) is 30.3 Å². The van der Waals surface area contributed by atoms with Crippen molar-refractivity contribution in [3.8, 4) is 11.5 Å². The van der Waals surface area contributed by atoms with Crippen molar-refractivity contribution in [2.75, 3.05) is 12.4 Å². The van der Waals surface area contributed by atoms with Crippen LogP contribution in [0.25, 0.3) is 0 Å². The minimum atomic E-state index is -0.794. The SMILES string of the molecule is COc1ccc([C@@H](O)Cn2cnc(C(=O)Nc3ccc(OCc4ccccc4)cc3)n2)cc1. The number of hydrogen-bond acceptors (Lipinski definition) is 6. The van der Waals surface area contributed by atoms with E-state index in [4.69, 9.17) is 9.47 Å². The number of aromatic nitrogens is 3. The van der Waals surface area contributed by atoms with Gasteiger partial charge < -0.3 is 19.9 Å². The fraction of sp³-hybridized carbons (Fsp3) is 0.160. The van der Waals surface area contributed by atoms with Crippen LogP contribution in [0.5, 0.6) is 11.5 Å². The van der Waals surface area contributed by atoms with Crippen LogP contribution in [0.1, 0.15) is 27.8 Å². The molecule has 0 spiro atoms. The van der Waals surface area contributed by atoms with Crippen molar-refractivity contribution in [3.05, 3.63) is 102 Å². The maximum atomic E-state index is 12.5. The molecule has 0 fully saturated rings. The molecule has 1 amide bonds. The van der Waals surface area contributed by atoms with Crippen LogP contribution in [-0.4, -0.2) is 32.9 Å². The molecule has 3 aromatic carbocycles. The highest BCUT2D eigenvalue weighted by atomic mass is 16.5. The molecular weight excluding hydrogens is 420 g/mol. The molecule has 8 heteroatoms. The smallest absolute Gasteiger partial charge is 0.295 e. The van der Waals surface area contributed by atoms with Crippen LogP contribution >= 0.6 is 0 Å². The number of aliphatic hydroxyl groups excluding tert-OH is 1. The van der Waals surface area contributed by atoms with Gasteiger partial charge >= 0.3 is 0 Å². The number of rotatable bonds is 9. The van der Waals surface area contributed by atoms with E-state index in [0.717, 1.165) is 5.56 Å². The van der Waals surface area contributed by atoms with Crippen LogP contribution in [0.15, 0.2) is 85.2 Å². The minimum absolute atomic E-state index is 0.0151. The number of ether oxygens (including phenoxy) is 2. The lowest BCUT2D eigenvalue weighted by Gasteiger charge is -2.11. The summed E-state index contributed by atoms with van der Waals surface area (Å²) in [6, 6.07) is 24.1. The Morgan fingerprint density at radius 2 is 1.70 bits per heavy atom. The van der Waals surface area contributed by atoms with Gasteiger partial charge in [0.15, 0.2) is 0 Å². The molecule has 1 atom stereocenters. The number of anilines is 1. The quantitative estimate of drug-likeness (QED) is 0.407. The maximum absolute atomic E-state index is 12.5. The second kappa shape index (κ2) is 10.4.